The Balaban J connectivity index is 2.57. The molecular formula is C14H14F4O4. The summed E-state index contributed by atoms with van der Waals surface area (Å²) in [6.45, 7) is 0. The highest BCUT2D eigenvalue weighted by molar-refractivity contribution is 5.96. The molecule has 8 heteroatoms. The van der Waals surface area contributed by atoms with Gasteiger partial charge in [0.1, 0.15) is 5.75 Å². The smallest absolute Gasteiger partial charge is 0.461 e. The molecule has 122 valence electrons. The fourth-order valence-corrected chi connectivity index (χ4v) is 1.55. The predicted molar refractivity (Wildman–Crippen MR) is 68.2 cm³/mol. The number of carbonyl (C=O) groups is 2. The van der Waals surface area contributed by atoms with Gasteiger partial charge in [0.25, 0.3) is 0 Å². The minimum absolute atomic E-state index is 0.0719. The molecule has 0 N–H and O–H groups in total. The van der Waals surface area contributed by atoms with E-state index in [1.807, 2.05) is 0 Å². The van der Waals surface area contributed by atoms with Crippen LogP contribution in [-0.2, 0) is 9.53 Å². The van der Waals surface area contributed by atoms with E-state index in [1.165, 1.54) is 19.2 Å². The van der Waals surface area contributed by atoms with Gasteiger partial charge in [0, 0.05) is 18.4 Å². The topological polar surface area (TPSA) is 52.6 Å². The van der Waals surface area contributed by atoms with Gasteiger partial charge in [0.05, 0.1) is 7.11 Å². The molecule has 22 heavy (non-hydrogen) atoms. The van der Waals surface area contributed by atoms with E-state index in [4.69, 9.17) is 0 Å². The first-order chi connectivity index (χ1) is 10.3. The first-order valence-corrected chi connectivity index (χ1v) is 6.31. The molecule has 0 heterocycles. The van der Waals surface area contributed by atoms with Gasteiger partial charge in [0.15, 0.2) is 5.78 Å². The van der Waals surface area contributed by atoms with Gasteiger partial charge >= 0.3 is 18.5 Å². The average Bonchev–Trinajstić information content (AvgIpc) is 2.47. The van der Waals surface area contributed by atoms with Crippen LogP contribution in [0.15, 0.2) is 24.3 Å². The molecule has 0 bridgehead atoms. The number of methoxy groups -OCH3 is 1. The summed E-state index contributed by atoms with van der Waals surface area (Å²) in [5, 5.41) is 0. The molecule has 0 aliphatic heterocycles. The number of hydrogen-bond donors (Lipinski definition) is 0. The second kappa shape index (κ2) is 7.77. The third-order valence-electron chi connectivity index (χ3n) is 2.70. The van der Waals surface area contributed by atoms with E-state index in [9.17, 15) is 27.2 Å². The molecule has 0 spiro atoms. The van der Waals surface area contributed by atoms with Crippen molar-refractivity contribution in [1.29, 1.82) is 0 Å². The number of rotatable bonds is 8. The zero-order chi connectivity index (χ0) is 16.8. The van der Waals surface area contributed by atoms with Crippen LogP contribution in [0.5, 0.6) is 5.75 Å². The van der Waals surface area contributed by atoms with Gasteiger partial charge in [-0.1, -0.05) is 0 Å². The lowest BCUT2D eigenvalue weighted by molar-refractivity contribution is -0.253. The normalized spacial score (nSPS) is 11.4. The Kier molecular flexibility index (Phi) is 6.33. The van der Waals surface area contributed by atoms with E-state index in [0.717, 1.165) is 12.1 Å². The van der Waals surface area contributed by atoms with Crippen LogP contribution in [0.3, 0.4) is 0 Å². The van der Waals surface area contributed by atoms with Crippen molar-refractivity contribution in [1.82, 2.24) is 0 Å². The van der Waals surface area contributed by atoms with Crippen molar-refractivity contribution in [3.8, 4) is 5.75 Å². The number of esters is 1. The Bertz CT molecular complexity index is 514. The Morgan fingerprint density at radius 2 is 1.73 bits per heavy atom. The molecule has 1 aromatic carbocycles. The summed E-state index contributed by atoms with van der Waals surface area (Å²) in [4.78, 5) is 22.6. The minimum atomic E-state index is -4.59. The van der Waals surface area contributed by atoms with Crippen LogP contribution >= 0.6 is 0 Å². The third-order valence-corrected chi connectivity index (χ3v) is 2.70. The molecule has 1 aromatic rings. The van der Waals surface area contributed by atoms with Gasteiger partial charge in [-0.05, 0) is 30.7 Å². The van der Waals surface area contributed by atoms with E-state index in [-0.39, 0.29) is 30.6 Å². The summed E-state index contributed by atoms with van der Waals surface area (Å²) >= 11 is 0. The van der Waals surface area contributed by atoms with Crippen molar-refractivity contribution in [2.24, 2.45) is 0 Å². The number of ether oxygens (including phenoxy) is 2. The highest BCUT2D eigenvalue weighted by Gasteiger charge is 2.43. The maximum Gasteiger partial charge on any atom is 0.461 e. The molecule has 0 amide bonds. The summed E-state index contributed by atoms with van der Waals surface area (Å²) in [6.07, 6.45) is -8.10. The zero-order valence-electron chi connectivity index (χ0n) is 11.7. The molecule has 0 saturated heterocycles. The van der Waals surface area contributed by atoms with Crippen LogP contribution in [0, 0.1) is 0 Å². The van der Waals surface area contributed by atoms with E-state index in [2.05, 4.69) is 9.47 Å². The highest BCUT2D eigenvalue weighted by Crippen LogP contribution is 2.27. The first kappa shape index (κ1) is 17.9. The van der Waals surface area contributed by atoms with Crippen molar-refractivity contribution < 1.29 is 36.6 Å². The van der Waals surface area contributed by atoms with Crippen molar-refractivity contribution >= 4 is 11.8 Å². The van der Waals surface area contributed by atoms with Gasteiger partial charge in [-0.25, -0.2) is 0 Å². The lowest BCUT2D eigenvalue weighted by Crippen LogP contribution is -2.33. The highest BCUT2D eigenvalue weighted by atomic mass is 19.3. The molecule has 0 aliphatic rings. The van der Waals surface area contributed by atoms with Crippen LogP contribution in [0.1, 0.15) is 29.6 Å². The fourth-order valence-electron chi connectivity index (χ4n) is 1.55. The molecule has 0 unspecified atom stereocenters. The Labute approximate surface area is 124 Å². The van der Waals surface area contributed by atoms with Crippen molar-refractivity contribution in [3.05, 3.63) is 29.8 Å². The number of benzene rings is 1. The van der Waals surface area contributed by atoms with E-state index in [1.54, 1.807) is 0 Å². The second-order valence-corrected chi connectivity index (χ2v) is 4.34. The molecule has 0 aromatic heterocycles. The van der Waals surface area contributed by atoms with Crippen molar-refractivity contribution in [2.45, 2.75) is 31.8 Å². The van der Waals surface area contributed by atoms with Gasteiger partial charge in [-0.15, -0.1) is 0 Å². The maximum absolute atomic E-state index is 12.7. The number of ketones is 1. The largest absolute Gasteiger partial charge is 0.469 e. The van der Waals surface area contributed by atoms with Crippen molar-refractivity contribution in [3.63, 3.8) is 0 Å². The summed E-state index contributed by atoms with van der Waals surface area (Å²) in [6, 6.07) is 4.39. The van der Waals surface area contributed by atoms with Crippen molar-refractivity contribution in [2.75, 3.05) is 7.11 Å². The van der Waals surface area contributed by atoms with Gasteiger partial charge in [0.2, 0.25) is 0 Å². The third kappa shape index (κ3) is 5.34. The van der Waals surface area contributed by atoms with Gasteiger partial charge in [-0.2, -0.15) is 17.6 Å². The monoisotopic (exact) mass is 322 g/mol. The number of Topliss-reactive ketones (excluding diaryl/α,β-unsaturated/α-hetero) is 1. The SMILES string of the molecule is COC(=O)CCCC(=O)c1ccc(OC(F)(F)C(F)F)cc1. The summed E-state index contributed by atoms with van der Waals surface area (Å²) in [5.74, 6) is -1.22. The molecule has 4 nitrogen and oxygen atoms in total. The summed E-state index contributed by atoms with van der Waals surface area (Å²) in [5.41, 5.74) is 0.206. The molecule has 0 atom stereocenters. The van der Waals surface area contributed by atoms with Crippen LogP contribution < -0.4 is 4.74 Å². The quantitative estimate of drug-likeness (QED) is 0.418. The summed E-state index contributed by atoms with van der Waals surface area (Å²) < 4.78 is 57.6. The Morgan fingerprint density at radius 1 is 1.14 bits per heavy atom. The fraction of sp³-hybridized carbons (Fsp3) is 0.429. The summed E-state index contributed by atoms with van der Waals surface area (Å²) in [7, 11) is 1.23. The predicted octanol–water partition coefficient (Wildman–Crippen LogP) is 3.45. The molecule has 0 radical (unpaired) electrons. The second-order valence-electron chi connectivity index (χ2n) is 4.34. The minimum Gasteiger partial charge on any atom is -0.469 e. The average molecular weight is 322 g/mol. The first-order valence-electron chi connectivity index (χ1n) is 6.31. The van der Waals surface area contributed by atoms with E-state index in [0.29, 0.717) is 0 Å². The van der Waals surface area contributed by atoms with E-state index < -0.39 is 24.3 Å². The van der Waals surface area contributed by atoms with Crippen LogP contribution in [0.2, 0.25) is 0 Å². The molecular weight excluding hydrogens is 308 g/mol. The molecule has 0 aliphatic carbocycles. The van der Waals surface area contributed by atoms with Crippen LogP contribution in [0.25, 0.3) is 0 Å². The standard InChI is InChI=1S/C14H14F4O4/c1-21-12(20)4-2-3-11(19)9-5-7-10(8-6-9)22-14(17,18)13(15)16/h5-8,13H,2-4H2,1H3. The number of hydrogen-bond acceptors (Lipinski definition) is 4. The number of carbonyl (C=O) groups excluding carboxylic acids is 2. The molecule has 0 saturated carbocycles. The van der Waals surface area contributed by atoms with Crippen LogP contribution in [-0.4, -0.2) is 31.4 Å². The maximum atomic E-state index is 12.7. The van der Waals surface area contributed by atoms with Gasteiger partial charge < -0.3 is 9.47 Å². The molecule has 1 rings (SSSR count). The Hall–Kier alpha value is -2.12. The van der Waals surface area contributed by atoms with Gasteiger partial charge in [-0.3, -0.25) is 9.59 Å². The molecule has 0 fully saturated rings. The number of halogens is 4. The number of alkyl halides is 4. The zero-order valence-corrected chi connectivity index (χ0v) is 11.7. The lowest BCUT2D eigenvalue weighted by atomic mass is 10.1. The van der Waals surface area contributed by atoms with E-state index >= 15 is 0 Å². The van der Waals surface area contributed by atoms with Crippen LogP contribution in [0.4, 0.5) is 17.6 Å². The Morgan fingerprint density at radius 3 is 2.23 bits per heavy atom. The lowest BCUT2D eigenvalue weighted by Gasteiger charge is -2.16.